The van der Waals surface area contributed by atoms with E-state index < -0.39 is 0 Å². The molecule has 6 aromatic rings. The second-order valence-electron chi connectivity index (χ2n) is 14.7. The Morgan fingerprint density at radius 1 is 0.592 bits per heavy atom. The standard InChI is InChI=1S/C45H55N3O/c1-8-10-12-14-16-33-18-21-35(22-19-33)37-28-38(30(3)4)44(39(29-37)31(5)6)48-45(46-32(7)47-48)36-23-25-43-41(27-36)40-26-34(17-15-13-11-9-2)20-24-42(40)49-43/h18-31H,8-17H2,1-7H3. The van der Waals surface area contributed by atoms with Gasteiger partial charge in [0.2, 0.25) is 0 Å². The molecule has 0 fully saturated rings. The van der Waals surface area contributed by atoms with Crippen LogP contribution in [0.2, 0.25) is 0 Å². The quantitative estimate of drug-likeness (QED) is 0.104. The van der Waals surface area contributed by atoms with Gasteiger partial charge in [0.15, 0.2) is 5.82 Å². The van der Waals surface area contributed by atoms with Gasteiger partial charge in [-0.2, -0.15) is 5.10 Å². The van der Waals surface area contributed by atoms with Crippen LogP contribution in [0.25, 0.3) is 50.1 Å². The van der Waals surface area contributed by atoms with Gasteiger partial charge in [-0.05, 0) is 120 Å². The normalized spacial score (nSPS) is 11.9. The summed E-state index contributed by atoms with van der Waals surface area (Å²) >= 11 is 0. The van der Waals surface area contributed by atoms with Crippen LogP contribution in [-0.4, -0.2) is 14.8 Å². The zero-order valence-electron chi connectivity index (χ0n) is 30.9. The summed E-state index contributed by atoms with van der Waals surface area (Å²) in [6.45, 7) is 15.7. The third kappa shape index (κ3) is 7.69. The first-order chi connectivity index (χ1) is 23.8. The summed E-state index contributed by atoms with van der Waals surface area (Å²) in [6, 6.07) is 27.2. The Kier molecular flexibility index (Phi) is 11.0. The third-order valence-electron chi connectivity index (χ3n) is 10.1. The molecule has 0 N–H and O–H groups in total. The molecule has 4 nitrogen and oxygen atoms in total. The van der Waals surface area contributed by atoms with Crippen molar-refractivity contribution in [2.45, 2.75) is 125 Å². The fraction of sp³-hybridized carbons (Fsp3) is 0.422. The summed E-state index contributed by atoms with van der Waals surface area (Å²) in [5.41, 5.74) is 12.0. The Morgan fingerprint density at radius 3 is 1.76 bits per heavy atom. The fourth-order valence-electron chi connectivity index (χ4n) is 7.22. The van der Waals surface area contributed by atoms with Crippen molar-refractivity contribution in [2.75, 3.05) is 0 Å². The van der Waals surface area contributed by atoms with Crippen LogP contribution in [0, 0.1) is 6.92 Å². The smallest absolute Gasteiger partial charge is 0.163 e. The minimum absolute atomic E-state index is 0.304. The van der Waals surface area contributed by atoms with Gasteiger partial charge in [-0.25, -0.2) is 9.67 Å². The molecule has 0 atom stereocenters. The number of rotatable bonds is 15. The Labute approximate surface area is 294 Å². The van der Waals surface area contributed by atoms with Crippen LogP contribution in [0.1, 0.15) is 133 Å². The molecule has 0 saturated heterocycles. The van der Waals surface area contributed by atoms with E-state index >= 15 is 0 Å². The first-order valence-electron chi connectivity index (χ1n) is 18.9. The monoisotopic (exact) mass is 653 g/mol. The minimum atomic E-state index is 0.304. The maximum Gasteiger partial charge on any atom is 0.163 e. The molecule has 0 radical (unpaired) electrons. The molecule has 4 heteroatoms. The average Bonchev–Trinajstić information content (AvgIpc) is 3.67. The van der Waals surface area contributed by atoms with Crippen LogP contribution in [-0.2, 0) is 12.8 Å². The number of unbranched alkanes of at least 4 members (excludes halogenated alkanes) is 6. The van der Waals surface area contributed by atoms with E-state index in [4.69, 9.17) is 14.5 Å². The lowest BCUT2D eigenvalue weighted by Gasteiger charge is -2.23. The van der Waals surface area contributed by atoms with E-state index in [-0.39, 0.29) is 0 Å². The van der Waals surface area contributed by atoms with Crippen LogP contribution >= 0.6 is 0 Å². The summed E-state index contributed by atoms with van der Waals surface area (Å²) in [5.74, 6) is 2.25. The summed E-state index contributed by atoms with van der Waals surface area (Å²) in [4.78, 5) is 5.05. The van der Waals surface area contributed by atoms with E-state index in [1.165, 1.54) is 90.1 Å². The van der Waals surface area contributed by atoms with Crippen molar-refractivity contribution in [1.29, 1.82) is 0 Å². The topological polar surface area (TPSA) is 43.9 Å². The second-order valence-corrected chi connectivity index (χ2v) is 14.7. The first-order valence-corrected chi connectivity index (χ1v) is 18.9. The van der Waals surface area contributed by atoms with Crippen molar-refractivity contribution >= 4 is 21.9 Å². The number of nitrogens with zero attached hydrogens (tertiary/aromatic N) is 3. The summed E-state index contributed by atoms with van der Waals surface area (Å²) in [6.07, 6.45) is 12.5. The molecule has 4 aromatic carbocycles. The predicted molar refractivity (Wildman–Crippen MR) is 208 cm³/mol. The number of hydrogen-bond acceptors (Lipinski definition) is 3. The number of aryl methyl sites for hydroxylation is 3. The van der Waals surface area contributed by atoms with Crippen molar-refractivity contribution in [3.05, 3.63) is 101 Å². The SMILES string of the molecule is CCCCCCc1ccc(-c2cc(C(C)C)c(-n3nc(C)nc3-c3ccc4oc5ccc(CCCCCC)cc5c4c3)c(C(C)C)c2)cc1. The highest BCUT2D eigenvalue weighted by molar-refractivity contribution is 6.06. The highest BCUT2D eigenvalue weighted by atomic mass is 16.3. The number of benzene rings is 4. The van der Waals surface area contributed by atoms with Crippen LogP contribution in [0.15, 0.2) is 77.2 Å². The van der Waals surface area contributed by atoms with Gasteiger partial charge in [0.25, 0.3) is 0 Å². The van der Waals surface area contributed by atoms with Crippen LogP contribution in [0.5, 0.6) is 0 Å². The fourth-order valence-corrected chi connectivity index (χ4v) is 7.22. The molecule has 0 unspecified atom stereocenters. The van der Waals surface area contributed by atoms with E-state index in [9.17, 15) is 0 Å². The van der Waals surface area contributed by atoms with Gasteiger partial charge < -0.3 is 4.42 Å². The van der Waals surface area contributed by atoms with Gasteiger partial charge in [-0.3, -0.25) is 0 Å². The zero-order chi connectivity index (χ0) is 34.5. The van der Waals surface area contributed by atoms with E-state index in [0.29, 0.717) is 11.8 Å². The minimum Gasteiger partial charge on any atom is -0.456 e. The van der Waals surface area contributed by atoms with Gasteiger partial charge in [0, 0.05) is 16.3 Å². The molecule has 0 aliphatic carbocycles. The summed E-state index contributed by atoms with van der Waals surface area (Å²) in [7, 11) is 0. The molecule has 0 spiro atoms. The molecule has 2 aromatic heterocycles. The van der Waals surface area contributed by atoms with E-state index in [1.807, 2.05) is 6.92 Å². The lowest BCUT2D eigenvalue weighted by molar-refractivity contribution is 0.663. The van der Waals surface area contributed by atoms with Crippen LogP contribution in [0.4, 0.5) is 0 Å². The first kappa shape index (κ1) is 34.7. The van der Waals surface area contributed by atoms with Gasteiger partial charge >= 0.3 is 0 Å². The lowest BCUT2D eigenvalue weighted by atomic mass is 9.88. The van der Waals surface area contributed by atoms with E-state index in [2.05, 4.69) is 119 Å². The highest BCUT2D eigenvalue weighted by Gasteiger charge is 2.23. The third-order valence-corrected chi connectivity index (χ3v) is 10.1. The van der Waals surface area contributed by atoms with Crippen LogP contribution in [0.3, 0.4) is 0 Å². The van der Waals surface area contributed by atoms with Crippen molar-refractivity contribution in [2.24, 2.45) is 0 Å². The van der Waals surface area contributed by atoms with Gasteiger partial charge in [0.05, 0.1) is 5.69 Å². The van der Waals surface area contributed by atoms with E-state index in [0.717, 1.165) is 52.3 Å². The Balaban J connectivity index is 1.40. The largest absolute Gasteiger partial charge is 0.456 e. The van der Waals surface area contributed by atoms with Gasteiger partial charge in [-0.15, -0.1) is 0 Å². The molecule has 0 amide bonds. The molecule has 49 heavy (non-hydrogen) atoms. The molecule has 0 bridgehead atoms. The lowest BCUT2D eigenvalue weighted by Crippen LogP contribution is -2.10. The van der Waals surface area contributed by atoms with Gasteiger partial charge in [-0.1, -0.05) is 110 Å². The molecule has 0 saturated carbocycles. The average molecular weight is 654 g/mol. The molecule has 0 aliphatic heterocycles. The van der Waals surface area contributed by atoms with Crippen molar-refractivity contribution in [1.82, 2.24) is 14.8 Å². The Bertz CT molecular complexity index is 1980. The Morgan fingerprint density at radius 2 is 1.14 bits per heavy atom. The molecule has 6 rings (SSSR count). The Hall–Kier alpha value is -4.18. The number of hydrogen-bond donors (Lipinski definition) is 0. The van der Waals surface area contributed by atoms with Gasteiger partial charge in [0.1, 0.15) is 17.0 Å². The maximum absolute atomic E-state index is 6.31. The van der Waals surface area contributed by atoms with Crippen LogP contribution < -0.4 is 0 Å². The second kappa shape index (κ2) is 15.6. The predicted octanol–water partition coefficient (Wildman–Crippen LogP) is 13.3. The molecule has 0 aliphatic rings. The zero-order valence-corrected chi connectivity index (χ0v) is 30.9. The van der Waals surface area contributed by atoms with Crippen molar-refractivity contribution in [3.63, 3.8) is 0 Å². The molecule has 2 heterocycles. The van der Waals surface area contributed by atoms with Crippen molar-refractivity contribution < 1.29 is 4.42 Å². The number of aromatic nitrogens is 3. The molecular weight excluding hydrogens is 599 g/mol. The summed E-state index contributed by atoms with van der Waals surface area (Å²) < 4.78 is 8.43. The van der Waals surface area contributed by atoms with E-state index in [1.54, 1.807) is 0 Å². The molecule has 256 valence electrons. The summed E-state index contributed by atoms with van der Waals surface area (Å²) in [5, 5.41) is 7.38. The van der Waals surface area contributed by atoms with Crippen molar-refractivity contribution in [3.8, 4) is 28.2 Å². The highest BCUT2D eigenvalue weighted by Crippen LogP contribution is 2.39. The number of fused-ring (bicyclic) bond motifs is 3. The molecular formula is C45H55N3O. The number of furan rings is 1. The maximum atomic E-state index is 6.31.